The SMILES string of the molecule is COc1cc2nc(NC3CC3)c(N3CCC(Cc4ccc(F)cc4F)CC3)nc2cn1. The zero-order valence-corrected chi connectivity index (χ0v) is 17.4. The summed E-state index contributed by atoms with van der Waals surface area (Å²) in [6.07, 6.45) is 6.44. The first-order valence-electron chi connectivity index (χ1n) is 10.8. The number of nitrogens with one attached hydrogen (secondary N) is 1. The minimum Gasteiger partial charge on any atom is -0.481 e. The highest BCUT2D eigenvalue weighted by molar-refractivity contribution is 5.81. The maximum atomic E-state index is 14.0. The van der Waals surface area contributed by atoms with Crippen LogP contribution in [0.2, 0.25) is 0 Å². The molecule has 8 heteroatoms. The number of hydrogen-bond donors (Lipinski definition) is 1. The molecule has 31 heavy (non-hydrogen) atoms. The Kier molecular flexibility index (Phi) is 5.29. The van der Waals surface area contributed by atoms with Gasteiger partial charge in [-0.3, -0.25) is 0 Å². The van der Waals surface area contributed by atoms with Crippen molar-refractivity contribution in [3.8, 4) is 5.88 Å². The van der Waals surface area contributed by atoms with Crippen molar-refractivity contribution in [2.24, 2.45) is 5.92 Å². The van der Waals surface area contributed by atoms with Gasteiger partial charge in [-0.15, -0.1) is 0 Å². The predicted molar refractivity (Wildman–Crippen MR) is 116 cm³/mol. The maximum Gasteiger partial charge on any atom is 0.215 e. The van der Waals surface area contributed by atoms with Crippen LogP contribution in [0, 0.1) is 17.6 Å². The van der Waals surface area contributed by atoms with Crippen molar-refractivity contribution in [3.05, 3.63) is 47.7 Å². The molecule has 2 aliphatic rings. The van der Waals surface area contributed by atoms with E-state index < -0.39 is 11.6 Å². The summed E-state index contributed by atoms with van der Waals surface area (Å²) in [5, 5.41) is 3.51. The number of benzene rings is 1. The number of methoxy groups -OCH3 is 1. The summed E-state index contributed by atoms with van der Waals surface area (Å²) in [7, 11) is 1.58. The second kappa shape index (κ2) is 8.24. The predicted octanol–water partition coefficient (Wildman–Crippen LogP) is 4.35. The molecule has 3 aromatic rings. The van der Waals surface area contributed by atoms with E-state index in [1.54, 1.807) is 25.4 Å². The molecule has 0 unspecified atom stereocenters. The van der Waals surface area contributed by atoms with Crippen LogP contribution in [0.4, 0.5) is 20.4 Å². The fourth-order valence-electron chi connectivity index (χ4n) is 4.13. The third-order valence-electron chi connectivity index (χ3n) is 6.07. The highest BCUT2D eigenvalue weighted by Crippen LogP contribution is 2.34. The van der Waals surface area contributed by atoms with E-state index in [4.69, 9.17) is 14.7 Å². The van der Waals surface area contributed by atoms with Gasteiger partial charge in [-0.25, -0.2) is 23.7 Å². The van der Waals surface area contributed by atoms with Crippen molar-refractivity contribution in [2.45, 2.75) is 38.1 Å². The third-order valence-corrected chi connectivity index (χ3v) is 6.07. The van der Waals surface area contributed by atoms with E-state index in [9.17, 15) is 8.78 Å². The van der Waals surface area contributed by atoms with Crippen molar-refractivity contribution >= 4 is 22.7 Å². The number of fused-ring (bicyclic) bond motifs is 1. The van der Waals surface area contributed by atoms with Crippen LogP contribution in [0.5, 0.6) is 5.88 Å². The van der Waals surface area contributed by atoms with E-state index in [0.29, 0.717) is 29.8 Å². The highest BCUT2D eigenvalue weighted by atomic mass is 19.1. The molecule has 0 atom stereocenters. The highest BCUT2D eigenvalue weighted by Gasteiger charge is 2.28. The van der Waals surface area contributed by atoms with Gasteiger partial charge in [0, 0.05) is 31.3 Å². The zero-order chi connectivity index (χ0) is 21.4. The second-order valence-electron chi connectivity index (χ2n) is 8.40. The summed E-state index contributed by atoms with van der Waals surface area (Å²) in [4.78, 5) is 16.2. The molecule has 0 spiro atoms. The van der Waals surface area contributed by atoms with Crippen LogP contribution in [0.1, 0.15) is 31.2 Å². The van der Waals surface area contributed by atoms with Gasteiger partial charge in [-0.1, -0.05) is 6.07 Å². The molecule has 0 radical (unpaired) electrons. The smallest absolute Gasteiger partial charge is 0.215 e. The third kappa shape index (κ3) is 4.38. The lowest BCUT2D eigenvalue weighted by molar-refractivity contribution is 0.396. The van der Waals surface area contributed by atoms with Crippen LogP contribution >= 0.6 is 0 Å². The average molecular weight is 425 g/mol. The minimum absolute atomic E-state index is 0.357. The Hall–Kier alpha value is -3.03. The largest absolute Gasteiger partial charge is 0.481 e. The molecule has 1 saturated carbocycles. The molecule has 2 aromatic heterocycles. The topological polar surface area (TPSA) is 63.2 Å². The number of nitrogens with zero attached hydrogens (tertiary/aromatic N) is 4. The molecule has 0 bridgehead atoms. The maximum absolute atomic E-state index is 14.0. The summed E-state index contributed by atoms with van der Waals surface area (Å²) in [6.45, 7) is 1.63. The van der Waals surface area contributed by atoms with Crippen molar-refractivity contribution in [1.29, 1.82) is 0 Å². The number of halogens is 2. The second-order valence-corrected chi connectivity index (χ2v) is 8.40. The lowest BCUT2D eigenvalue weighted by atomic mass is 9.90. The van der Waals surface area contributed by atoms with Crippen LogP contribution < -0.4 is 15.0 Å². The monoisotopic (exact) mass is 425 g/mol. The number of pyridine rings is 1. The molecule has 1 N–H and O–H groups in total. The fraction of sp³-hybridized carbons (Fsp3) is 0.435. The number of hydrogen-bond acceptors (Lipinski definition) is 6. The number of ether oxygens (including phenoxy) is 1. The number of rotatable bonds is 6. The average Bonchev–Trinajstić information content (AvgIpc) is 3.59. The van der Waals surface area contributed by atoms with Crippen LogP contribution in [0.3, 0.4) is 0 Å². The van der Waals surface area contributed by atoms with E-state index in [1.807, 2.05) is 0 Å². The quantitative estimate of drug-likeness (QED) is 0.634. The van der Waals surface area contributed by atoms with Crippen LogP contribution in [0.15, 0.2) is 30.5 Å². The van der Waals surface area contributed by atoms with E-state index in [1.165, 1.54) is 6.07 Å². The summed E-state index contributed by atoms with van der Waals surface area (Å²) in [5.41, 5.74) is 2.06. The number of piperidine rings is 1. The molecule has 5 rings (SSSR count). The van der Waals surface area contributed by atoms with Gasteiger partial charge < -0.3 is 15.0 Å². The molecule has 3 heterocycles. The molecule has 1 saturated heterocycles. The lowest BCUT2D eigenvalue weighted by Crippen LogP contribution is -2.35. The van der Waals surface area contributed by atoms with Gasteiger partial charge in [0.25, 0.3) is 0 Å². The van der Waals surface area contributed by atoms with Crippen molar-refractivity contribution in [3.63, 3.8) is 0 Å². The molecule has 1 aromatic carbocycles. The minimum atomic E-state index is -0.534. The lowest BCUT2D eigenvalue weighted by Gasteiger charge is -2.33. The van der Waals surface area contributed by atoms with Gasteiger partial charge in [0.1, 0.15) is 17.2 Å². The van der Waals surface area contributed by atoms with E-state index in [0.717, 1.165) is 67.5 Å². The Morgan fingerprint density at radius 3 is 2.58 bits per heavy atom. The Balaban J connectivity index is 1.34. The van der Waals surface area contributed by atoms with Crippen LogP contribution in [0.25, 0.3) is 11.0 Å². The first-order chi connectivity index (χ1) is 15.1. The van der Waals surface area contributed by atoms with Gasteiger partial charge in [0.15, 0.2) is 11.6 Å². The molecular weight excluding hydrogens is 400 g/mol. The molecule has 2 fully saturated rings. The molecule has 1 aliphatic carbocycles. The van der Waals surface area contributed by atoms with Gasteiger partial charge in [-0.05, 0) is 49.7 Å². The zero-order valence-electron chi connectivity index (χ0n) is 17.4. The summed E-state index contributed by atoms with van der Waals surface area (Å²) >= 11 is 0. The molecule has 0 amide bonds. The van der Waals surface area contributed by atoms with Crippen molar-refractivity contribution in [2.75, 3.05) is 30.4 Å². The standard InChI is InChI=1S/C23H25F2N5O/c1-31-21-12-19-20(13-26-21)29-23(22(28-19)27-17-4-5-17)30-8-6-14(7-9-30)10-15-2-3-16(24)11-18(15)25/h2-3,11-14,17H,4-10H2,1H3,(H,27,28). The Labute approximate surface area is 179 Å². The van der Waals surface area contributed by atoms with Crippen LogP contribution in [-0.2, 0) is 6.42 Å². The molecule has 6 nitrogen and oxygen atoms in total. The van der Waals surface area contributed by atoms with Crippen molar-refractivity contribution < 1.29 is 13.5 Å². The number of aromatic nitrogens is 3. The van der Waals surface area contributed by atoms with Gasteiger partial charge in [-0.2, -0.15) is 0 Å². The first kappa shape index (κ1) is 19.9. The van der Waals surface area contributed by atoms with Gasteiger partial charge >= 0.3 is 0 Å². The van der Waals surface area contributed by atoms with Gasteiger partial charge in [0.2, 0.25) is 5.88 Å². The van der Waals surface area contributed by atoms with Crippen LogP contribution in [-0.4, -0.2) is 41.2 Å². The Morgan fingerprint density at radius 1 is 1.06 bits per heavy atom. The summed E-state index contributed by atoms with van der Waals surface area (Å²) in [6, 6.07) is 6.11. The normalized spacial score (nSPS) is 17.2. The molecular formula is C23H25F2N5O. The number of anilines is 2. The first-order valence-corrected chi connectivity index (χ1v) is 10.8. The van der Waals surface area contributed by atoms with Crippen molar-refractivity contribution in [1.82, 2.24) is 15.0 Å². The fourth-order valence-corrected chi connectivity index (χ4v) is 4.13. The summed E-state index contributed by atoms with van der Waals surface area (Å²) in [5.74, 6) is 1.52. The summed E-state index contributed by atoms with van der Waals surface area (Å²) < 4.78 is 32.4. The van der Waals surface area contributed by atoms with E-state index >= 15 is 0 Å². The van der Waals surface area contributed by atoms with E-state index in [2.05, 4.69) is 15.2 Å². The Bertz CT molecular complexity index is 1100. The Morgan fingerprint density at radius 2 is 1.87 bits per heavy atom. The molecule has 162 valence electrons. The van der Waals surface area contributed by atoms with Gasteiger partial charge in [0.05, 0.1) is 18.8 Å². The molecule has 1 aliphatic heterocycles. The van der Waals surface area contributed by atoms with E-state index in [-0.39, 0.29) is 0 Å².